The van der Waals surface area contributed by atoms with Crippen LogP contribution in [0.3, 0.4) is 0 Å². The first-order valence-electron chi connectivity index (χ1n) is 7.43. The average molecular weight is 339 g/mol. The molecule has 0 saturated carbocycles. The largest absolute Gasteiger partial charge is 0.356 e. The van der Waals surface area contributed by atoms with Gasteiger partial charge in [0.05, 0.1) is 11.7 Å². The van der Waals surface area contributed by atoms with Crippen LogP contribution in [0.15, 0.2) is 16.7 Å². The number of hydrogen-bond acceptors (Lipinski definition) is 2. The predicted octanol–water partition coefficient (Wildman–Crippen LogP) is 5.14. The van der Waals surface area contributed by atoms with E-state index >= 15 is 0 Å². The van der Waals surface area contributed by atoms with Gasteiger partial charge in [0, 0.05) is 16.5 Å². The van der Waals surface area contributed by atoms with E-state index in [1.165, 1.54) is 22.9 Å². The molecule has 0 N–H and O–H groups in total. The van der Waals surface area contributed by atoms with Gasteiger partial charge in [-0.15, -0.1) is 0 Å². The summed E-state index contributed by atoms with van der Waals surface area (Å²) in [4.78, 5) is 0. The van der Waals surface area contributed by atoms with Crippen molar-refractivity contribution in [2.75, 3.05) is 6.61 Å². The molecule has 3 rings (SSSR count). The fourth-order valence-corrected chi connectivity index (χ4v) is 3.14. The van der Waals surface area contributed by atoms with E-state index in [0.29, 0.717) is 0 Å². The molecule has 1 atom stereocenters. The third kappa shape index (κ3) is 2.77. The highest BCUT2D eigenvalue weighted by atomic mass is 79.9. The van der Waals surface area contributed by atoms with Crippen molar-refractivity contribution < 1.29 is 4.74 Å². The van der Waals surface area contributed by atoms with Crippen LogP contribution in [0.1, 0.15) is 50.5 Å². The van der Waals surface area contributed by atoms with Gasteiger partial charge in [0.1, 0.15) is 0 Å². The molecular formula is C16H23BrN2O. The Hall–Kier alpha value is -0.870. The third-order valence-corrected chi connectivity index (χ3v) is 4.79. The number of aryl methyl sites for hydroxylation is 1. The van der Waals surface area contributed by atoms with Crippen LogP contribution in [-0.2, 0) is 4.74 Å². The molecule has 2 aromatic rings. The Labute approximate surface area is 129 Å². The van der Waals surface area contributed by atoms with Crippen molar-refractivity contribution in [3.05, 3.63) is 27.9 Å². The van der Waals surface area contributed by atoms with Gasteiger partial charge >= 0.3 is 0 Å². The van der Waals surface area contributed by atoms with Crippen molar-refractivity contribution in [1.82, 2.24) is 9.78 Å². The van der Waals surface area contributed by atoms with E-state index in [4.69, 9.17) is 4.74 Å². The molecule has 3 nitrogen and oxygen atoms in total. The van der Waals surface area contributed by atoms with Gasteiger partial charge in [0.2, 0.25) is 0 Å². The summed E-state index contributed by atoms with van der Waals surface area (Å²) in [5, 5.41) is 5.70. The van der Waals surface area contributed by atoms with E-state index in [9.17, 15) is 0 Å². The van der Waals surface area contributed by atoms with Crippen LogP contribution in [0, 0.1) is 13.8 Å². The van der Waals surface area contributed by atoms with Crippen molar-refractivity contribution in [2.45, 2.75) is 53.2 Å². The summed E-state index contributed by atoms with van der Waals surface area (Å²) in [6, 6.07) is 2.21. The molecule has 20 heavy (non-hydrogen) atoms. The maximum Gasteiger partial charge on any atom is 0.150 e. The minimum absolute atomic E-state index is 0.102. The van der Waals surface area contributed by atoms with E-state index in [0.717, 1.165) is 29.4 Å². The zero-order chi connectivity index (χ0) is 14.7. The van der Waals surface area contributed by atoms with Crippen LogP contribution in [0.4, 0.5) is 0 Å². The Morgan fingerprint density at radius 1 is 1.30 bits per heavy atom. The number of aromatic nitrogens is 2. The van der Waals surface area contributed by atoms with Crippen LogP contribution in [-0.4, -0.2) is 16.4 Å². The molecule has 110 valence electrons. The Bertz CT molecular complexity index is 586. The van der Waals surface area contributed by atoms with Gasteiger partial charge in [-0.2, -0.15) is 5.10 Å². The minimum atomic E-state index is 0.102. The maximum absolute atomic E-state index is 5.83. The SMILES string of the molecule is CC.Cc1cc2c(cnn2C2CCCCO2)c(Br)c1C. The van der Waals surface area contributed by atoms with Gasteiger partial charge in [-0.25, -0.2) is 4.68 Å². The number of fused-ring (bicyclic) bond motifs is 1. The fourth-order valence-electron chi connectivity index (χ4n) is 2.52. The summed E-state index contributed by atoms with van der Waals surface area (Å²) in [5.41, 5.74) is 3.73. The number of hydrogen-bond donors (Lipinski definition) is 0. The van der Waals surface area contributed by atoms with Gasteiger partial charge in [-0.1, -0.05) is 13.8 Å². The number of ether oxygens (including phenoxy) is 1. The van der Waals surface area contributed by atoms with Crippen molar-refractivity contribution in [1.29, 1.82) is 0 Å². The van der Waals surface area contributed by atoms with Crippen molar-refractivity contribution in [2.24, 2.45) is 0 Å². The molecule has 1 aromatic heterocycles. The first-order valence-corrected chi connectivity index (χ1v) is 8.22. The Morgan fingerprint density at radius 2 is 2.05 bits per heavy atom. The molecule has 1 saturated heterocycles. The fraction of sp³-hybridized carbons (Fsp3) is 0.562. The van der Waals surface area contributed by atoms with E-state index in [1.807, 2.05) is 24.7 Å². The van der Waals surface area contributed by atoms with Crippen LogP contribution < -0.4 is 0 Å². The van der Waals surface area contributed by atoms with Crippen LogP contribution >= 0.6 is 15.9 Å². The summed E-state index contributed by atoms with van der Waals surface area (Å²) >= 11 is 3.67. The standard InChI is InChI=1S/C14H17BrN2O.C2H6/c1-9-7-12-11(14(15)10(9)2)8-16-17(12)13-5-3-4-6-18-13;1-2/h7-8,13H,3-6H2,1-2H3;1-2H3. The van der Waals surface area contributed by atoms with Crippen LogP contribution in [0.2, 0.25) is 0 Å². The molecule has 1 aromatic carbocycles. The molecule has 0 bridgehead atoms. The predicted molar refractivity (Wildman–Crippen MR) is 87.1 cm³/mol. The molecule has 0 spiro atoms. The minimum Gasteiger partial charge on any atom is -0.356 e. The van der Waals surface area contributed by atoms with Gasteiger partial charge < -0.3 is 4.74 Å². The lowest BCUT2D eigenvalue weighted by atomic mass is 10.1. The number of nitrogens with zero attached hydrogens (tertiary/aromatic N) is 2. The maximum atomic E-state index is 5.83. The first-order chi connectivity index (χ1) is 9.68. The number of rotatable bonds is 1. The van der Waals surface area contributed by atoms with E-state index in [-0.39, 0.29) is 6.23 Å². The lowest BCUT2D eigenvalue weighted by Gasteiger charge is -2.23. The smallest absolute Gasteiger partial charge is 0.150 e. The summed E-state index contributed by atoms with van der Waals surface area (Å²) in [7, 11) is 0. The Kier molecular flexibility index (Phi) is 5.22. The van der Waals surface area contributed by atoms with Gasteiger partial charge in [0.25, 0.3) is 0 Å². The molecule has 1 aliphatic heterocycles. The molecule has 1 unspecified atom stereocenters. The zero-order valence-electron chi connectivity index (χ0n) is 12.7. The highest BCUT2D eigenvalue weighted by Gasteiger charge is 2.19. The molecule has 0 radical (unpaired) electrons. The molecular weight excluding hydrogens is 316 g/mol. The van der Waals surface area contributed by atoms with Crippen LogP contribution in [0.5, 0.6) is 0 Å². The number of halogens is 1. The highest BCUT2D eigenvalue weighted by molar-refractivity contribution is 9.10. The second-order valence-electron chi connectivity index (χ2n) is 4.98. The normalized spacial score (nSPS) is 18.8. The summed E-state index contributed by atoms with van der Waals surface area (Å²) < 4.78 is 9.01. The molecule has 1 aliphatic rings. The van der Waals surface area contributed by atoms with Crippen molar-refractivity contribution in [3.63, 3.8) is 0 Å². The van der Waals surface area contributed by atoms with E-state index < -0.39 is 0 Å². The molecule has 1 fully saturated rings. The molecule has 0 aliphatic carbocycles. The average Bonchev–Trinajstić information content (AvgIpc) is 2.91. The summed E-state index contributed by atoms with van der Waals surface area (Å²) in [6.07, 6.45) is 5.48. The van der Waals surface area contributed by atoms with E-state index in [2.05, 4.69) is 40.9 Å². The van der Waals surface area contributed by atoms with Gasteiger partial charge in [0.15, 0.2) is 6.23 Å². The van der Waals surface area contributed by atoms with Crippen molar-refractivity contribution in [3.8, 4) is 0 Å². The lowest BCUT2D eigenvalue weighted by molar-refractivity contribution is -0.0366. The lowest BCUT2D eigenvalue weighted by Crippen LogP contribution is -2.19. The molecule has 0 amide bonds. The van der Waals surface area contributed by atoms with E-state index in [1.54, 1.807) is 0 Å². The third-order valence-electron chi connectivity index (χ3n) is 3.77. The monoisotopic (exact) mass is 338 g/mol. The quantitative estimate of drug-likeness (QED) is 0.719. The Balaban J connectivity index is 0.000000704. The zero-order valence-corrected chi connectivity index (χ0v) is 14.3. The summed E-state index contributed by atoms with van der Waals surface area (Å²) in [6.45, 7) is 9.12. The number of benzene rings is 1. The molecule has 2 heterocycles. The molecule has 4 heteroatoms. The Morgan fingerprint density at radius 3 is 2.70 bits per heavy atom. The van der Waals surface area contributed by atoms with Crippen LogP contribution in [0.25, 0.3) is 10.9 Å². The van der Waals surface area contributed by atoms with Gasteiger partial charge in [-0.05, 0) is 66.2 Å². The van der Waals surface area contributed by atoms with Gasteiger partial charge in [-0.3, -0.25) is 0 Å². The topological polar surface area (TPSA) is 27.1 Å². The highest BCUT2D eigenvalue weighted by Crippen LogP contribution is 2.33. The van der Waals surface area contributed by atoms with Crippen molar-refractivity contribution >= 4 is 26.8 Å². The second kappa shape index (κ2) is 6.72. The summed E-state index contributed by atoms with van der Waals surface area (Å²) in [5.74, 6) is 0. The second-order valence-corrected chi connectivity index (χ2v) is 5.77. The first kappa shape index (κ1) is 15.5.